The first-order chi connectivity index (χ1) is 21.4. The van der Waals surface area contributed by atoms with E-state index >= 15 is 4.39 Å². The van der Waals surface area contributed by atoms with Crippen LogP contribution in [-0.2, 0) is 20.5 Å². The molecule has 45 heavy (non-hydrogen) atoms. The average Bonchev–Trinajstić information content (AvgIpc) is 3.61. The van der Waals surface area contributed by atoms with E-state index in [-0.39, 0.29) is 58.1 Å². The standard InChI is InChI=1S/C33H38F4N2O6/c1-4-44-32(42)18-8-11-22(12-9-18)45-27-15-23(26(43-3)16-25(27)34)30(40)39-29-20-7-6-19(13-20)28(29)31(41)38-21-10-5-17(2)24(14-21)33(35,36)37/h5,10,14-16,18-20,22,28-29H,4,6-9,11-13H2,1-3H3,(H,38,41)(H,39,40)/t18?,19-,20+,22?,28+,29-/m1/s1. The molecule has 8 nitrogen and oxygen atoms in total. The van der Waals surface area contributed by atoms with Gasteiger partial charge in [-0.05, 0) is 94.4 Å². The van der Waals surface area contributed by atoms with Gasteiger partial charge in [0.15, 0.2) is 11.6 Å². The molecule has 3 aliphatic carbocycles. The van der Waals surface area contributed by atoms with E-state index < -0.39 is 41.3 Å². The molecule has 0 heterocycles. The third-order valence-electron chi connectivity index (χ3n) is 9.41. The topological polar surface area (TPSA) is 103 Å². The van der Waals surface area contributed by atoms with E-state index in [1.54, 1.807) is 6.92 Å². The summed E-state index contributed by atoms with van der Waals surface area (Å²) in [6.07, 6.45) is -0.523. The molecule has 0 unspecified atom stereocenters. The number of fused-ring (bicyclic) bond motifs is 2. The summed E-state index contributed by atoms with van der Waals surface area (Å²) in [5.74, 6) is -3.02. The van der Waals surface area contributed by atoms with Gasteiger partial charge in [-0.2, -0.15) is 13.2 Å². The quantitative estimate of drug-likeness (QED) is 0.243. The Labute approximate surface area is 259 Å². The molecule has 0 saturated heterocycles. The van der Waals surface area contributed by atoms with Crippen molar-refractivity contribution >= 4 is 23.5 Å². The number of methoxy groups -OCH3 is 1. The number of anilines is 1. The molecule has 2 aromatic carbocycles. The van der Waals surface area contributed by atoms with E-state index in [2.05, 4.69) is 10.6 Å². The Morgan fingerprint density at radius 1 is 0.956 bits per heavy atom. The second kappa shape index (κ2) is 13.3. The number of hydrogen-bond donors (Lipinski definition) is 2. The first kappa shape index (κ1) is 32.6. The van der Waals surface area contributed by atoms with Gasteiger partial charge in [-0.1, -0.05) is 6.07 Å². The maximum absolute atomic E-state index is 15.0. The number of carbonyl (C=O) groups excluding carboxylic acids is 3. The predicted octanol–water partition coefficient (Wildman–Crippen LogP) is 6.45. The third kappa shape index (κ3) is 7.04. The fourth-order valence-electron chi connectivity index (χ4n) is 7.16. The number of alkyl halides is 3. The molecule has 4 atom stereocenters. The van der Waals surface area contributed by atoms with Gasteiger partial charge in [-0.15, -0.1) is 0 Å². The van der Waals surface area contributed by atoms with Gasteiger partial charge in [0.2, 0.25) is 5.91 Å². The molecule has 2 amide bonds. The van der Waals surface area contributed by atoms with Gasteiger partial charge in [0.1, 0.15) is 5.75 Å². The third-order valence-corrected chi connectivity index (χ3v) is 9.41. The SMILES string of the molecule is CCOC(=O)C1CCC(Oc2cc(C(=O)N[C@@H]3[C@H]4CC[C@H](C4)[C@@H]3C(=O)Nc3ccc(C)c(C(F)(F)F)c3)c(OC)cc2F)CC1. The molecule has 3 fully saturated rings. The van der Waals surface area contributed by atoms with E-state index in [0.717, 1.165) is 25.0 Å². The number of amides is 2. The van der Waals surface area contributed by atoms with Crippen LogP contribution >= 0.6 is 0 Å². The summed E-state index contributed by atoms with van der Waals surface area (Å²) in [5.41, 5.74) is -0.716. The van der Waals surface area contributed by atoms with Crippen LogP contribution in [0.4, 0.5) is 23.2 Å². The lowest BCUT2D eigenvalue weighted by atomic mass is 9.83. The Kier molecular flexibility index (Phi) is 9.60. The number of aryl methyl sites for hydroxylation is 1. The highest BCUT2D eigenvalue weighted by molar-refractivity contribution is 5.99. The van der Waals surface area contributed by atoms with E-state index in [0.29, 0.717) is 38.7 Å². The summed E-state index contributed by atoms with van der Waals surface area (Å²) in [6.45, 7) is 3.41. The van der Waals surface area contributed by atoms with E-state index in [1.807, 2.05) is 0 Å². The lowest BCUT2D eigenvalue weighted by Crippen LogP contribution is -2.48. The minimum atomic E-state index is -4.56. The maximum atomic E-state index is 15.0. The highest BCUT2D eigenvalue weighted by Crippen LogP contribution is 2.49. The zero-order valence-corrected chi connectivity index (χ0v) is 25.5. The van der Waals surface area contributed by atoms with Gasteiger partial charge >= 0.3 is 12.1 Å². The lowest BCUT2D eigenvalue weighted by Gasteiger charge is -2.31. The average molecular weight is 635 g/mol. The van der Waals surface area contributed by atoms with Crippen LogP contribution in [0.1, 0.15) is 73.4 Å². The number of ether oxygens (including phenoxy) is 3. The Hall–Kier alpha value is -3.83. The lowest BCUT2D eigenvalue weighted by molar-refractivity contribution is -0.149. The molecule has 12 heteroatoms. The van der Waals surface area contributed by atoms with Gasteiger partial charge in [0, 0.05) is 17.8 Å². The fraction of sp³-hybridized carbons (Fsp3) is 0.545. The van der Waals surface area contributed by atoms with Crippen LogP contribution in [0.2, 0.25) is 0 Å². The maximum Gasteiger partial charge on any atom is 0.416 e. The molecule has 244 valence electrons. The number of hydrogen-bond acceptors (Lipinski definition) is 6. The fourth-order valence-corrected chi connectivity index (χ4v) is 7.16. The molecule has 2 bridgehead atoms. The van der Waals surface area contributed by atoms with Gasteiger partial charge in [-0.3, -0.25) is 14.4 Å². The number of esters is 1. The summed E-state index contributed by atoms with van der Waals surface area (Å²) in [4.78, 5) is 39.2. The summed E-state index contributed by atoms with van der Waals surface area (Å²) in [7, 11) is 1.31. The van der Waals surface area contributed by atoms with Gasteiger partial charge in [-0.25, -0.2) is 4.39 Å². The van der Waals surface area contributed by atoms with Crippen LogP contribution in [0, 0.1) is 36.4 Å². The Morgan fingerprint density at radius 2 is 1.67 bits per heavy atom. The van der Waals surface area contributed by atoms with Gasteiger partial charge < -0.3 is 24.8 Å². The largest absolute Gasteiger partial charge is 0.496 e. The molecule has 0 aromatic heterocycles. The van der Waals surface area contributed by atoms with Crippen LogP contribution in [0.15, 0.2) is 30.3 Å². The van der Waals surface area contributed by atoms with Crippen molar-refractivity contribution in [1.29, 1.82) is 0 Å². The van der Waals surface area contributed by atoms with E-state index in [1.165, 1.54) is 32.2 Å². The number of carbonyl (C=O) groups is 3. The molecule has 2 N–H and O–H groups in total. The van der Waals surface area contributed by atoms with Crippen molar-refractivity contribution in [2.75, 3.05) is 19.0 Å². The highest BCUT2D eigenvalue weighted by Gasteiger charge is 2.51. The van der Waals surface area contributed by atoms with Crippen molar-refractivity contribution in [2.24, 2.45) is 23.7 Å². The Morgan fingerprint density at radius 3 is 2.33 bits per heavy atom. The Bertz CT molecular complexity index is 1440. The van der Waals surface area contributed by atoms with Gasteiger partial charge in [0.05, 0.1) is 42.8 Å². The number of nitrogens with one attached hydrogen (secondary N) is 2. The normalized spacial score (nSPS) is 25.8. The van der Waals surface area contributed by atoms with Crippen molar-refractivity contribution in [1.82, 2.24) is 5.32 Å². The Balaban J connectivity index is 1.30. The molecule has 5 rings (SSSR count). The molecule has 3 aliphatic rings. The minimum absolute atomic E-state index is 0.00753. The molecule has 3 saturated carbocycles. The summed E-state index contributed by atoms with van der Waals surface area (Å²) in [6, 6.07) is 5.45. The summed E-state index contributed by atoms with van der Waals surface area (Å²) < 4.78 is 71.7. The highest BCUT2D eigenvalue weighted by atomic mass is 19.4. The predicted molar refractivity (Wildman–Crippen MR) is 156 cm³/mol. The first-order valence-corrected chi connectivity index (χ1v) is 15.4. The van der Waals surface area contributed by atoms with Crippen molar-refractivity contribution in [2.45, 2.75) is 77.1 Å². The van der Waals surface area contributed by atoms with Crippen molar-refractivity contribution < 1.29 is 46.2 Å². The zero-order chi connectivity index (χ0) is 32.5. The van der Waals surface area contributed by atoms with Crippen LogP contribution < -0.4 is 20.1 Å². The zero-order valence-electron chi connectivity index (χ0n) is 25.5. The molecular weight excluding hydrogens is 596 g/mol. The van der Waals surface area contributed by atoms with Crippen molar-refractivity contribution in [3.05, 3.63) is 52.8 Å². The number of rotatable bonds is 9. The second-order valence-electron chi connectivity index (χ2n) is 12.2. The van der Waals surface area contributed by atoms with Crippen LogP contribution in [0.3, 0.4) is 0 Å². The summed E-state index contributed by atoms with van der Waals surface area (Å²) in [5, 5.41) is 5.59. The van der Waals surface area contributed by atoms with Crippen molar-refractivity contribution in [3.63, 3.8) is 0 Å². The van der Waals surface area contributed by atoms with E-state index in [9.17, 15) is 27.6 Å². The van der Waals surface area contributed by atoms with E-state index in [4.69, 9.17) is 14.2 Å². The molecule has 2 aromatic rings. The number of halogens is 4. The number of benzene rings is 2. The molecule has 0 radical (unpaired) electrons. The summed E-state index contributed by atoms with van der Waals surface area (Å²) >= 11 is 0. The van der Waals surface area contributed by atoms with Crippen LogP contribution in [0.25, 0.3) is 0 Å². The van der Waals surface area contributed by atoms with Crippen LogP contribution in [-0.4, -0.2) is 43.6 Å². The van der Waals surface area contributed by atoms with Crippen molar-refractivity contribution in [3.8, 4) is 11.5 Å². The first-order valence-electron chi connectivity index (χ1n) is 15.4. The monoisotopic (exact) mass is 634 g/mol. The molecule has 0 spiro atoms. The smallest absolute Gasteiger partial charge is 0.416 e. The molecular formula is C33H38F4N2O6. The second-order valence-corrected chi connectivity index (χ2v) is 12.2. The molecule has 0 aliphatic heterocycles. The van der Waals surface area contributed by atoms with Crippen LogP contribution in [0.5, 0.6) is 11.5 Å². The minimum Gasteiger partial charge on any atom is -0.496 e. The van der Waals surface area contributed by atoms with Gasteiger partial charge in [0.25, 0.3) is 5.91 Å².